The highest BCUT2D eigenvalue weighted by Gasteiger charge is 2.54. The van der Waals surface area contributed by atoms with Gasteiger partial charge in [-0.2, -0.15) is 20.5 Å². The summed E-state index contributed by atoms with van der Waals surface area (Å²) in [5.74, 6) is 2.43. The summed E-state index contributed by atoms with van der Waals surface area (Å²) in [6.07, 6.45) is 22.2. The molecule has 0 bridgehead atoms. The maximum absolute atomic E-state index is 14.2. The van der Waals surface area contributed by atoms with Gasteiger partial charge in [-0.05, 0) is 131 Å². The molecule has 0 spiro atoms. The van der Waals surface area contributed by atoms with Gasteiger partial charge < -0.3 is 20.8 Å². The van der Waals surface area contributed by atoms with Crippen molar-refractivity contribution in [1.82, 2.24) is 10.6 Å². The average molecular weight is 852 g/mol. The van der Waals surface area contributed by atoms with E-state index in [0.29, 0.717) is 35.4 Å². The molecule has 0 aliphatic heterocycles. The largest absolute Gasteiger partial charge is 0.390 e. The van der Waals surface area contributed by atoms with Crippen molar-refractivity contribution >= 4 is 29.2 Å². The summed E-state index contributed by atoms with van der Waals surface area (Å²) in [5.41, 5.74) is 0. The first-order chi connectivity index (χ1) is 29.1. The molecule has 0 aromatic heterocycles. The second-order valence-electron chi connectivity index (χ2n) is 21.8. The number of rotatable bonds is 8. The molecule has 60 heavy (non-hydrogen) atoms. The Labute approximate surface area is 363 Å². The van der Waals surface area contributed by atoms with E-state index in [-0.39, 0.29) is 83.0 Å². The molecule has 11 nitrogen and oxygen atoms in total. The zero-order chi connectivity index (χ0) is 41.5. The number of amides is 2. The molecule has 20 atom stereocenters. The van der Waals surface area contributed by atoms with Gasteiger partial charge in [-0.3, -0.25) is 14.4 Å². The predicted octanol–water partition coefficient (Wildman–Crippen LogP) is 8.52. The Bertz CT molecular complexity index is 1600. The van der Waals surface area contributed by atoms with Gasteiger partial charge in [0.25, 0.3) is 0 Å². The summed E-state index contributed by atoms with van der Waals surface area (Å²) >= 11 is 6.60. The maximum Gasteiger partial charge on any atom is 0.226 e. The van der Waals surface area contributed by atoms with Gasteiger partial charge in [0.1, 0.15) is 17.9 Å². The fraction of sp³-hybridized carbons (Fsp3) is 0.938. The van der Waals surface area contributed by atoms with Gasteiger partial charge in [0.05, 0.1) is 42.2 Å². The molecule has 0 radical (unpaired) electrons. The van der Waals surface area contributed by atoms with Crippen LogP contribution < -0.4 is 10.6 Å². The number of hydrogen-bond donors (Lipinski definition) is 4. The maximum atomic E-state index is 14.2. The van der Waals surface area contributed by atoms with E-state index >= 15 is 0 Å². The molecule has 9 aliphatic carbocycles. The van der Waals surface area contributed by atoms with Gasteiger partial charge in [0, 0.05) is 23.3 Å². The molecule has 4 N–H and O–H groups in total. The van der Waals surface area contributed by atoms with Crippen molar-refractivity contribution < 1.29 is 24.6 Å². The third-order valence-electron chi connectivity index (χ3n) is 18.2. The lowest BCUT2D eigenvalue weighted by molar-refractivity contribution is -0.135. The summed E-state index contributed by atoms with van der Waals surface area (Å²) in [7, 11) is 0. The SMILES string of the molecule is CC1CCCC(NC(=O)C2CC3CCCCC3C(N=NC3CCC4C(C3)C(=O)C3CC(N=NC5C(O)C(NC(=O)C6CCCCC6Cl)CC6CCCCC65)CCC34)C2O)C1. The number of azo groups is 2. The Morgan fingerprint density at radius 1 is 0.550 bits per heavy atom. The lowest BCUT2D eigenvalue weighted by Gasteiger charge is -2.46. The highest BCUT2D eigenvalue weighted by atomic mass is 35.5. The number of aliphatic hydroxyl groups is 2. The molecule has 2 amide bonds. The van der Waals surface area contributed by atoms with Crippen molar-refractivity contribution in [3.63, 3.8) is 0 Å². The van der Waals surface area contributed by atoms with E-state index in [2.05, 4.69) is 17.6 Å². The fourth-order valence-electron chi connectivity index (χ4n) is 15.0. The highest BCUT2D eigenvalue weighted by molar-refractivity contribution is 6.22. The van der Waals surface area contributed by atoms with Crippen LogP contribution in [0.3, 0.4) is 0 Å². The van der Waals surface area contributed by atoms with Crippen LogP contribution in [0.15, 0.2) is 20.5 Å². The van der Waals surface area contributed by atoms with E-state index in [0.717, 1.165) is 135 Å². The molecule has 334 valence electrons. The molecular formula is C48H75ClN6O5. The predicted molar refractivity (Wildman–Crippen MR) is 230 cm³/mol. The number of hydrogen-bond acceptors (Lipinski definition) is 9. The van der Waals surface area contributed by atoms with Crippen molar-refractivity contribution in [2.45, 2.75) is 215 Å². The topological polar surface area (TPSA) is 165 Å². The second kappa shape index (κ2) is 19.0. The molecule has 9 rings (SSSR count). The molecule has 9 fully saturated rings. The first kappa shape index (κ1) is 43.3. The minimum Gasteiger partial charge on any atom is -0.390 e. The quantitative estimate of drug-likeness (QED) is 0.142. The number of nitrogens with zero attached hydrogens (tertiary/aromatic N) is 4. The summed E-state index contributed by atoms with van der Waals surface area (Å²) in [6.45, 7) is 2.27. The third-order valence-corrected chi connectivity index (χ3v) is 18.7. The summed E-state index contributed by atoms with van der Waals surface area (Å²) in [6, 6.07) is -0.895. The van der Waals surface area contributed by atoms with E-state index in [1.807, 2.05) is 0 Å². The van der Waals surface area contributed by atoms with Crippen molar-refractivity contribution in [2.24, 2.45) is 85.6 Å². The highest BCUT2D eigenvalue weighted by Crippen LogP contribution is 2.54. The summed E-state index contributed by atoms with van der Waals surface area (Å²) in [5, 5.41) is 49.8. The molecule has 9 saturated carbocycles. The average Bonchev–Trinajstić information content (AvgIpc) is 3.53. The van der Waals surface area contributed by atoms with Crippen molar-refractivity contribution in [3.05, 3.63) is 0 Å². The van der Waals surface area contributed by atoms with Gasteiger partial charge in [0.2, 0.25) is 11.8 Å². The van der Waals surface area contributed by atoms with Crippen LogP contribution in [0.5, 0.6) is 0 Å². The molecule has 0 aromatic carbocycles. The molecular weight excluding hydrogens is 776 g/mol. The second-order valence-corrected chi connectivity index (χ2v) is 22.4. The monoisotopic (exact) mass is 851 g/mol. The van der Waals surface area contributed by atoms with Crippen molar-refractivity contribution in [1.29, 1.82) is 0 Å². The Kier molecular flexibility index (Phi) is 13.7. The molecule has 0 aromatic rings. The fourth-order valence-corrected chi connectivity index (χ4v) is 15.4. The summed E-state index contributed by atoms with van der Waals surface area (Å²) < 4.78 is 0. The third kappa shape index (κ3) is 9.03. The Morgan fingerprint density at radius 3 is 1.75 bits per heavy atom. The van der Waals surface area contributed by atoms with Crippen LogP contribution in [0.2, 0.25) is 0 Å². The van der Waals surface area contributed by atoms with Crippen LogP contribution >= 0.6 is 11.6 Å². The molecule has 20 unspecified atom stereocenters. The molecule has 0 heterocycles. The number of aliphatic hydroxyl groups excluding tert-OH is 2. The van der Waals surface area contributed by atoms with Crippen LogP contribution in [0, 0.1) is 65.1 Å². The number of Topliss-reactive ketones (excluding diaryl/α,β-unsaturated/α-hetero) is 1. The number of fused-ring (bicyclic) bond motifs is 5. The number of nitrogens with one attached hydrogen (secondary N) is 2. The number of ketones is 1. The lowest BCUT2D eigenvalue weighted by Crippen LogP contribution is -2.58. The summed E-state index contributed by atoms with van der Waals surface area (Å²) in [4.78, 5) is 41.3. The number of alkyl halides is 1. The minimum atomic E-state index is -0.823. The number of carbonyl (C=O) groups excluding carboxylic acids is 3. The molecule has 0 saturated heterocycles. The van der Waals surface area contributed by atoms with Gasteiger partial charge in [0.15, 0.2) is 0 Å². The van der Waals surface area contributed by atoms with E-state index in [4.69, 9.17) is 32.1 Å². The smallest absolute Gasteiger partial charge is 0.226 e. The number of halogens is 1. The van der Waals surface area contributed by atoms with Crippen molar-refractivity contribution in [2.75, 3.05) is 0 Å². The van der Waals surface area contributed by atoms with Crippen LogP contribution in [-0.2, 0) is 14.4 Å². The van der Waals surface area contributed by atoms with Crippen LogP contribution in [0.4, 0.5) is 0 Å². The van der Waals surface area contributed by atoms with E-state index in [9.17, 15) is 24.6 Å². The molecule has 9 aliphatic rings. The Balaban J connectivity index is 0.821. The normalized spacial score (nSPS) is 48.4. The molecule has 12 heteroatoms. The van der Waals surface area contributed by atoms with E-state index < -0.39 is 18.1 Å². The van der Waals surface area contributed by atoms with Gasteiger partial charge in [-0.1, -0.05) is 71.1 Å². The van der Waals surface area contributed by atoms with Gasteiger partial charge in [-0.25, -0.2) is 0 Å². The van der Waals surface area contributed by atoms with E-state index in [1.165, 1.54) is 19.3 Å². The zero-order valence-corrected chi connectivity index (χ0v) is 37.1. The Hall–Kier alpha value is -1.98. The van der Waals surface area contributed by atoms with Gasteiger partial charge >= 0.3 is 0 Å². The van der Waals surface area contributed by atoms with Crippen molar-refractivity contribution in [3.8, 4) is 0 Å². The van der Waals surface area contributed by atoms with Crippen LogP contribution in [0.1, 0.15) is 161 Å². The standard InChI is InChI=1S/C48H75ClN6O5/c1-26-9-8-12-29(21-26)50-48(60)39-22-27-10-2-4-13-32(27)42(45(39)57)54-52-30-17-19-34-35-20-18-31(25-38(35)44(56)37(34)24-30)53-55-43-33-14-5-3-11-28(33)23-41(46(43)58)51-47(59)36-15-6-7-16-40(36)49/h26-43,45-46,57-58H,2-25H2,1H3,(H,50,60)(H,51,59). The van der Waals surface area contributed by atoms with E-state index in [1.54, 1.807) is 0 Å². The van der Waals surface area contributed by atoms with Crippen LogP contribution in [-0.4, -0.2) is 81.6 Å². The number of carbonyl (C=O) groups is 3. The van der Waals surface area contributed by atoms with Crippen LogP contribution in [0.25, 0.3) is 0 Å². The lowest BCUT2D eigenvalue weighted by atomic mass is 9.64. The first-order valence-corrected chi connectivity index (χ1v) is 25.5. The zero-order valence-electron chi connectivity index (χ0n) is 36.3. The minimum absolute atomic E-state index is 0.00404. The van der Waals surface area contributed by atoms with Gasteiger partial charge in [-0.15, -0.1) is 11.6 Å². The Morgan fingerprint density at radius 2 is 1.12 bits per heavy atom. The first-order valence-electron chi connectivity index (χ1n) is 25.1.